The molecule has 0 heterocycles. The fourth-order valence-corrected chi connectivity index (χ4v) is 1.14. The van der Waals surface area contributed by atoms with E-state index in [1.807, 2.05) is 0 Å². The van der Waals surface area contributed by atoms with Crippen LogP contribution < -0.4 is 0 Å². The minimum Gasteiger partial charge on any atom is -0.356 e. The maximum Gasteiger partial charge on any atom is 0.159 e. The van der Waals surface area contributed by atoms with Gasteiger partial charge in [-0.2, -0.15) is 0 Å². The first kappa shape index (κ1) is 9.14. The second-order valence-corrected chi connectivity index (χ2v) is 3.29. The van der Waals surface area contributed by atoms with E-state index in [0.29, 0.717) is 0 Å². The number of hydrogen-bond acceptors (Lipinski definition) is 2. The van der Waals surface area contributed by atoms with E-state index < -0.39 is 0 Å². The van der Waals surface area contributed by atoms with Crippen LogP contribution in [0.25, 0.3) is 0 Å². The maximum atomic E-state index is 5.03. The fraction of sp³-hybridized carbons (Fsp3) is 0.833. The van der Waals surface area contributed by atoms with Crippen LogP contribution in [0.3, 0.4) is 0 Å². The highest BCUT2D eigenvalue weighted by molar-refractivity contribution is 6.19. The molecule has 0 spiro atoms. The van der Waals surface area contributed by atoms with Crippen molar-refractivity contribution >= 4 is 10.2 Å². The third kappa shape index (κ3) is 2.98. The second kappa shape index (κ2) is 4.96. The van der Waals surface area contributed by atoms with Gasteiger partial charge >= 0.3 is 0 Å². The molecule has 0 unspecified atom stereocenters. The van der Waals surface area contributed by atoms with Crippen molar-refractivity contribution in [2.24, 2.45) is 0 Å². The summed E-state index contributed by atoms with van der Waals surface area (Å²) in [6.45, 7) is 2.12. The largest absolute Gasteiger partial charge is 0.356 e. The van der Waals surface area contributed by atoms with Crippen LogP contribution in [-0.2, 0) is 9.47 Å². The van der Waals surface area contributed by atoms with Gasteiger partial charge in [-0.1, -0.05) is 6.92 Å². The molecule has 0 aliphatic carbocycles. The fourth-order valence-electron chi connectivity index (χ4n) is 0.665. The molecule has 0 aliphatic heterocycles. The molecular weight excluding hydrogens is 132 g/mol. The van der Waals surface area contributed by atoms with Crippen LogP contribution in [0.1, 0.15) is 13.3 Å². The highest BCUT2D eigenvalue weighted by Crippen LogP contribution is 2.09. The van der Waals surface area contributed by atoms with Crippen LogP contribution in [-0.4, -0.2) is 30.8 Å². The van der Waals surface area contributed by atoms with Crippen LogP contribution in [0.15, 0.2) is 0 Å². The monoisotopic (exact) mass is 147 g/mol. The molecule has 0 aromatic rings. The van der Waals surface area contributed by atoms with Crippen molar-refractivity contribution in [1.29, 1.82) is 0 Å². The van der Waals surface area contributed by atoms with Crippen molar-refractivity contribution in [2.45, 2.75) is 19.6 Å². The molecule has 9 heavy (non-hydrogen) atoms. The van der Waals surface area contributed by atoms with E-state index in [2.05, 4.69) is 6.92 Å². The summed E-state index contributed by atoms with van der Waals surface area (Å²) in [5, 5.41) is 0. The van der Waals surface area contributed by atoms with Gasteiger partial charge < -0.3 is 9.47 Å². The zero-order valence-corrected chi connectivity index (χ0v) is 8.60. The van der Waals surface area contributed by atoms with Gasteiger partial charge in [-0.15, -0.1) is 0 Å². The number of ether oxygens (including phenoxy) is 2. The quantitative estimate of drug-likeness (QED) is 0.409. The summed E-state index contributed by atoms with van der Waals surface area (Å²) < 4.78 is 10.1. The van der Waals surface area contributed by atoms with E-state index in [-0.39, 0.29) is 6.29 Å². The molecule has 2 nitrogen and oxygen atoms in total. The van der Waals surface area contributed by atoms with Gasteiger partial charge in [0, 0.05) is 30.0 Å². The average molecular weight is 147 g/mol. The first-order valence-electron chi connectivity index (χ1n) is 3.14. The molecule has 0 aliphatic rings. The zero-order valence-electron chi connectivity index (χ0n) is 6.60. The summed E-state index contributed by atoms with van der Waals surface area (Å²) in [6.07, 6.45) is 1.01. The normalized spacial score (nSPS) is 11.7. The molecule has 0 amide bonds. The van der Waals surface area contributed by atoms with E-state index in [9.17, 15) is 0 Å². The van der Waals surface area contributed by atoms with Gasteiger partial charge in [0.15, 0.2) is 6.29 Å². The topological polar surface area (TPSA) is 18.5 Å². The highest BCUT2D eigenvalue weighted by Gasteiger charge is 2.12. The Kier molecular flexibility index (Phi) is 5.04. The van der Waals surface area contributed by atoms with Gasteiger partial charge in [0.1, 0.15) is 0 Å². The predicted molar refractivity (Wildman–Crippen MR) is 41.3 cm³/mol. The lowest BCUT2D eigenvalue weighted by Gasteiger charge is -2.18. The minimum atomic E-state index is -0.0540. The van der Waals surface area contributed by atoms with Crippen LogP contribution in [0.5, 0.6) is 0 Å². The standard InChI is InChI=1S/C6H15O2Si/c1-4-5(9)6(7-2)8-3/h6H,4H2,1-3,9H3. The maximum absolute atomic E-state index is 5.03. The second-order valence-electron chi connectivity index (χ2n) is 2.00. The lowest BCUT2D eigenvalue weighted by molar-refractivity contribution is -0.0841. The van der Waals surface area contributed by atoms with Gasteiger partial charge in [-0.3, -0.25) is 0 Å². The van der Waals surface area contributed by atoms with E-state index in [4.69, 9.17) is 9.47 Å². The van der Waals surface area contributed by atoms with E-state index in [1.54, 1.807) is 14.2 Å². The average Bonchev–Trinajstić information content (AvgIpc) is 1.90. The Hall–Kier alpha value is 0.137. The molecule has 0 aromatic carbocycles. The Morgan fingerprint density at radius 1 is 1.44 bits per heavy atom. The molecule has 0 rings (SSSR count). The SMILES string of the molecule is CC[C]([SiH3])C(OC)OC. The minimum absolute atomic E-state index is 0.0540. The van der Waals surface area contributed by atoms with Crippen molar-refractivity contribution in [3.05, 3.63) is 5.54 Å². The van der Waals surface area contributed by atoms with Gasteiger partial charge in [-0.05, 0) is 6.42 Å². The Labute approximate surface area is 60.0 Å². The summed E-state index contributed by atoms with van der Waals surface area (Å²) in [7, 11) is 4.40. The van der Waals surface area contributed by atoms with Crippen molar-refractivity contribution < 1.29 is 9.47 Å². The highest BCUT2D eigenvalue weighted by atomic mass is 28.1. The Balaban J connectivity index is 3.50. The number of rotatable bonds is 4. The molecule has 3 heteroatoms. The van der Waals surface area contributed by atoms with Crippen molar-refractivity contribution in [3.63, 3.8) is 0 Å². The molecule has 0 aromatic heterocycles. The van der Waals surface area contributed by atoms with Gasteiger partial charge in [0.2, 0.25) is 0 Å². The van der Waals surface area contributed by atoms with Crippen molar-refractivity contribution in [3.8, 4) is 0 Å². The third-order valence-corrected chi connectivity index (χ3v) is 2.57. The summed E-state index contributed by atoms with van der Waals surface area (Å²) in [4.78, 5) is 0. The summed E-state index contributed by atoms with van der Waals surface area (Å²) in [5.41, 5.74) is 1.36. The molecule has 0 bridgehead atoms. The van der Waals surface area contributed by atoms with Crippen LogP contribution >= 0.6 is 0 Å². The van der Waals surface area contributed by atoms with Gasteiger partial charge in [-0.25, -0.2) is 0 Å². The van der Waals surface area contributed by atoms with Crippen LogP contribution in [0.2, 0.25) is 0 Å². The molecule has 55 valence electrons. The summed E-state index contributed by atoms with van der Waals surface area (Å²) in [5.74, 6) is 0. The van der Waals surface area contributed by atoms with Crippen molar-refractivity contribution in [1.82, 2.24) is 0 Å². The molecule has 0 saturated heterocycles. The molecular formula is C6H15O2Si. The predicted octanol–water partition coefficient (Wildman–Crippen LogP) is -0.0873. The smallest absolute Gasteiger partial charge is 0.159 e. The molecule has 0 saturated carbocycles. The van der Waals surface area contributed by atoms with Crippen LogP contribution in [0, 0.1) is 5.54 Å². The molecule has 0 atom stereocenters. The van der Waals surface area contributed by atoms with Crippen molar-refractivity contribution in [2.75, 3.05) is 14.2 Å². The lowest BCUT2D eigenvalue weighted by atomic mass is 10.3. The zero-order chi connectivity index (χ0) is 7.28. The van der Waals surface area contributed by atoms with Gasteiger partial charge in [0.05, 0.1) is 0 Å². The molecule has 0 N–H and O–H groups in total. The summed E-state index contributed by atoms with van der Waals surface area (Å²) >= 11 is 0. The molecule has 1 radical (unpaired) electrons. The van der Waals surface area contributed by atoms with E-state index >= 15 is 0 Å². The lowest BCUT2D eigenvalue weighted by Crippen LogP contribution is -2.22. The van der Waals surface area contributed by atoms with Crippen LogP contribution in [0.4, 0.5) is 0 Å². The van der Waals surface area contributed by atoms with E-state index in [0.717, 1.165) is 16.7 Å². The number of hydrogen-bond donors (Lipinski definition) is 0. The Bertz CT molecular complexity index is 64.1. The molecule has 0 fully saturated rings. The third-order valence-electron chi connectivity index (χ3n) is 1.39. The summed E-state index contributed by atoms with van der Waals surface area (Å²) in [6, 6.07) is 0. The Morgan fingerprint density at radius 3 is 2.00 bits per heavy atom. The van der Waals surface area contributed by atoms with Gasteiger partial charge in [0.25, 0.3) is 0 Å². The Morgan fingerprint density at radius 2 is 1.89 bits per heavy atom. The van der Waals surface area contributed by atoms with E-state index in [1.165, 1.54) is 5.54 Å². The number of methoxy groups -OCH3 is 2. The first-order valence-corrected chi connectivity index (χ1v) is 4.14. The first-order chi connectivity index (χ1) is 4.26.